The third-order valence-electron chi connectivity index (χ3n) is 3.67. The number of benzene rings is 1. The molecular weight excluding hydrogens is 340 g/mol. The van der Waals surface area contributed by atoms with Crippen LogP contribution in [-0.4, -0.2) is 15.7 Å². The summed E-state index contributed by atoms with van der Waals surface area (Å²) in [5, 5.41) is 11.2. The van der Waals surface area contributed by atoms with Crippen molar-refractivity contribution in [3.05, 3.63) is 59.0 Å². The number of rotatable bonds is 4. The predicted molar refractivity (Wildman–Crippen MR) is 99.2 cm³/mol. The summed E-state index contributed by atoms with van der Waals surface area (Å²) in [4.78, 5) is 37.5. The number of aromatic nitrogens is 1. The predicted octanol–water partition coefficient (Wildman–Crippen LogP) is 2.13. The molecule has 1 heterocycles. The van der Waals surface area contributed by atoms with Crippen molar-refractivity contribution in [1.82, 2.24) is 4.98 Å². The van der Waals surface area contributed by atoms with Gasteiger partial charge in [-0.05, 0) is 18.1 Å². The topological polar surface area (TPSA) is 93.1 Å². The van der Waals surface area contributed by atoms with Gasteiger partial charge in [-0.2, -0.15) is 0 Å². The molecule has 7 heteroatoms. The Kier molecular flexibility index (Phi) is 5.37. The number of H-pyrrole nitrogens is 1. The maximum atomic E-state index is 12.1. The highest BCUT2D eigenvalue weighted by Gasteiger charge is 2.18. The Morgan fingerprint density at radius 2 is 2.04 bits per heavy atom. The standard InChI is InChI=1S/C18H20N2O4S/c1-5-12-7-6-11(8-13(12)20(23)24)9-14-17(22)19-16(25-14)10-15(21)18(2,3)4/h6-10H,5H2,1-4H3,(H,19,22)/b14-9-,16-10-. The smallest absolute Gasteiger partial charge is 0.273 e. The lowest BCUT2D eigenvalue weighted by Gasteiger charge is -2.12. The average molecular weight is 360 g/mol. The molecule has 132 valence electrons. The highest BCUT2D eigenvalue weighted by atomic mass is 32.1. The van der Waals surface area contributed by atoms with Gasteiger partial charge in [0.15, 0.2) is 5.78 Å². The van der Waals surface area contributed by atoms with E-state index in [1.165, 1.54) is 12.1 Å². The lowest BCUT2D eigenvalue weighted by Crippen LogP contribution is -2.22. The fraction of sp³-hybridized carbons (Fsp3) is 0.333. The van der Waals surface area contributed by atoms with Crippen LogP contribution in [0.15, 0.2) is 23.0 Å². The van der Waals surface area contributed by atoms with Crippen LogP contribution in [0.25, 0.3) is 12.2 Å². The number of Topliss-reactive ketones (excluding diaryl/α,β-unsaturated/α-hetero) is 1. The molecule has 0 spiro atoms. The van der Waals surface area contributed by atoms with Crippen LogP contribution in [-0.2, 0) is 11.2 Å². The lowest BCUT2D eigenvalue weighted by molar-refractivity contribution is -0.385. The molecule has 1 N–H and O–H groups in total. The molecule has 0 radical (unpaired) electrons. The third kappa shape index (κ3) is 4.51. The number of hydrogen-bond donors (Lipinski definition) is 1. The second kappa shape index (κ2) is 7.14. The van der Waals surface area contributed by atoms with Crippen molar-refractivity contribution in [2.24, 2.45) is 5.41 Å². The maximum absolute atomic E-state index is 12.1. The zero-order valence-electron chi connectivity index (χ0n) is 14.6. The summed E-state index contributed by atoms with van der Waals surface area (Å²) in [6.07, 6.45) is 3.57. The first-order chi connectivity index (χ1) is 11.6. The van der Waals surface area contributed by atoms with Crippen LogP contribution in [0.4, 0.5) is 5.69 Å². The first-order valence-electron chi connectivity index (χ1n) is 7.86. The largest absolute Gasteiger partial charge is 0.313 e. The Morgan fingerprint density at radius 3 is 2.60 bits per heavy atom. The van der Waals surface area contributed by atoms with Gasteiger partial charge in [-0.3, -0.25) is 19.7 Å². The van der Waals surface area contributed by atoms with Gasteiger partial charge < -0.3 is 4.98 Å². The summed E-state index contributed by atoms with van der Waals surface area (Å²) in [6.45, 7) is 7.26. The van der Waals surface area contributed by atoms with E-state index in [4.69, 9.17) is 0 Å². The molecule has 25 heavy (non-hydrogen) atoms. The van der Waals surface area contributed by atoms with E-state index in [-0.39, 0.29) is 17.0 Å². The van der Waals surface area contributed by atoms with Crippen LogP contribution in [0, 0.1) is 15.5 Å². The van der Waals surface area contributed by atoms with E-state index < -0.39 is 10.3 Å². The Balaban J connectivity index is 2.52. The Morgan fingerprint density at radius 1 is 1.36 bits per heavy atom. The number of nitrogens with zero attached hydrogens (tertiary/aromatic N) is 1. The molecule has 0 atom stereocenters. The van der Waals surface area contributed by atoms with Gasteiger partial charge >= 0.3 is 0 Å². The first-order valence-corrected chi connectivity index (χ1v) is 8.68. The molecule has 6 nitrogen and oxygen atoms in total. The number of carbonyl (C=O) groups excluding carboxylic acids is 1. The molecule has 2 rings (SSSR count). The summed E-state index contributed by atoms with van der Waals surface area (Å²) in [5.74, 6) is -0.0838. The zero-order valence-corrected chi connectivity index (χ0v) is 15.4. The molecule has 0 saturated carbocycles. The first kappa shape index (κ1) is 18.8. The minimum atomic E-state index is -0.526. The molecule has 0 unspecified atom stereocenters. The van der Waals surface area contributed by atoms with Crippen molar-refractivity contribution < 1.29 is 9.72 Å². The van der Waals surface area contributed by atoms with Gasteiger partial charge in [-0.15, -0.1) is 11.3 Å². The van der Waals surface area contributed by atoms with Crippen molar-refractivity contribution in [1.29, 1.82) is 0 Å². The number of ketones is 1. The van der Waals surface area contributed by atoms with E-state index in [1.54, 1.807) is 39.0 Å². The minimum Gasteiger partial charge on any atom is -0.313 e. The molecule has 1 aromatic carbocycles. The van der Waals surface area contributed by atoms with Crippen LogP contribution < -0.4 is 14.8 Å². The monoisotopic (exact) mass is 360 g/mol. The van der Waals surface area contributed by atoms with E-state index in [1.807, 2.05) is 6.92 Å². The van der Waals surface area contributed by atoms with Crippen molar-refractivity contribution in [2.75, 3.05) is 0 Å². The van der Waals surface area contributed by atoms with Gasteiger partial charge in [0, 0.05) is 23.1 Å². The number of nitro benzene ring substituents is 1. The summed E-state index contributed by atoms with van der Waals surface area (Å²) in [7, 11) is 0. The molecule has 0 bridgehead atoms. The van der Waals surface area contributed by atoms with E-state index in [0.29, 0.717) is 26.7 Å². The van der Waals surface area contributed by atoms with Gasteiger partial charge in [0.2, 0.25) is 0 Å². The second-order valence-corrected chi connectivity index (χ2v) is 7.77. The zero-order chi connectivity index (χ0) is 18.8. The van der Waals surface area contributed by atoms with Crippen molar-refractivity contribution in [3.8, 4) is 0 Å². The number of nitro groups is 1. The van der Waals surface area contributed by atoms with Gasteiger partial charge in [0.25, 0.3) is 11.2 Å². The molecule has 2 aromatic rings. The number of nitrogens with one attached hydrogen (secondary N) is 1. The minimum absolute atomic E-state index is 0.0407. The van der Waals surface area contributed by atoms with Crippen molar-refractivity contribution in [2.45, 2.75) is 34.1 Å². The fourth-order valence-corrected chi connectivity index (χ4v) is 3.04. The van der Waals surface area contributed by atoms with Crippen LogP contribution in [0.2, 0.25) is 0 Å². The van der Waals surface area contributed by atoms with Crippen molar-refractivity contribution >= 4 is 35.0 Å². The molecule has 0 amide bonds. The number of hydrogen-bond acceptors (Lipinski definition) is 5. The SMILES string of the molecule is CCc1ccc(/C=c2\s/c(=C\C(=O)C(C)(C)C)[nH]c2=O)cc1[N+](=O)[O-]. The number of aromatic amines is 1. The van der Waals surface area contributed by atoms with E-state index >= 15 is 0 Å². The summed E-state index contributed by atoms with van der Waals surface area (Å²) in [5.41, 5.74) is 0.414. The number of carbonyl (C=O) groups is 1. The van der Waals surface area contributed by atoms with E-state index in [9.17, 15) is 19.7 Å². The normalized spacial score (nSPS) is 13.3. The quantitative estimate of drug-likeness (QED) is 0.668. The molecule has 0 aliphatic carbocycles. The third-order valence-corrected chi connectivity index (χ3v) is 4.63. The van der Waals surface area contributed by atoms with Crippen LogP contribution >= 0.6 is 11.3 Å². The Labute approximate surface area is 148 Å². The molecule has 0 aliphatic rings. The maximum Gasteiger partial charge on any atom is 0.273 e. The summed E-state index contributed by atoms with van der Waals surface area (Å²) in [6, 6.07) is 4.90. The molecule has 0 aliphatic heterocycles. The van der Waals surface area contributed by atoms with Gasteiger partial charge in [0.05, 0.1) is 14.1 Å². The number of thiazole rings is 1. The second-order valence-electron chi connectivity index (χ2n) is 6.69. The summed E-state index contributed by atoms with van der Waals surface area (Å²) >= 11 is 1.15. The fourth-order valence-electron chi connectivity index (χ4n) is 2.15. The van der Waals surface area contributed by atoms with Gasteiger partial charge in [0.1, 0.15) is 0 Å². The van der Waals surface area contributed by atoms with Gasteiger partial charge in [-0.25, -0.2) is 0 Å². The Hall–Kier alpha value is -2.54. The van der Waals surface area contributed by atoms with E-state index in [2.05, 4.69) is 4.98 Å². The molecule has 1 aromatic heterocycles. The van der Waals surface area contributed by atoms with Crippen molar-refractivity contribution in [3.63, 3.8) is 0 Å². The molecule has 0 fully saturated rings. The van der Waals surface area contributed by atoms with Crippen LogP contribution in [0.1, 0.15) is 38.8 Å². The molecular formula is C18H20N2O4S. The van der Waals surface area contributed by atoms with Gasteiger partial charge in [-0.1, -0.05) is 39.8 Å². The van der Waals surface area contributed by atoms with Crippen LogP contribution in [0.3, 0.4) is 0 Å². The van der Waals surface area contributed by atoms with Crippen LogP contribution in [0.5, 0.6) is 0 Å². The summed E-state index contributed by atoms with van der Waals surface area (Å²) < 4.78 is 0.863. The highest BCUT2D eigenvalue weighted by Crippen LogP contribution is 2.21. The lowest BCUT2D eigenvalue weighted by atomic mass is 9.91. The highest BCUT2D eigenvalue weighted by molar-refractivity contribution is 7.07. The van der Waals surface area contributed by atoms with E-state index in [0.717, 1.165) is 11.3 Å². The number of aryl methyl sites for hydroxylation is 1. The average Bonchev–Trinajstić information content (AvgIpc) is 2.85. The Bertz CT molecular complexity index is 993. The molecule has 0 saturated heterocycles.